The monoisotopic (exact) mass is 350 g/mol. The van der Waals surface area contributed by atoms with Crippen LogP contribution < -0.4 is 0 Å². The maximum atomic E-state index is 11.3. The summed E-state index contributed by atoms with van der Waals surface area (Å²) in [5.41, 5.74) is 0. The zero-order chi connectivity index (χ0) is 18.6. The molecule has 0 fully saturated rings. The number of hydrogen-bond donors (Lipinski definition) is 1. The van der Waals surface area contributed by atoms with Crippen molar-refractivity contribution in [1.29, 1.82) is 0 Å². The number of aldehydes is 1. The molecule has 0 aromatic rings. The van der Waals surface area contributed by atoms with Crippen LogP contribution in [0.1, 0.15) is 39.5 Å². The van der Waals surface area contributed by atoms with Gasteiger partial charge in [0.15, 0.2) is 8.32 Å². The maximum Gasteiger partial charge on any atom is 0.305 e. The van der Waals surface area contributed by atoms with Crippen LogP contribution in [-0.2, 0) is 14.3 Å². The number of allylic oxidation sites excluding steroid dienone is 4. The molecule has 0 unspecified atom stereocenters. The Balaban J connectivity index is 4.92. The summed E-state index contributed by atoms with van der Waals surface area (Å²) in [6.07, 6.45) is 9.81. The molecular weight excluding hydrogens is 320 g/mol. The Kier molecular flexibility index (Phi) is 10.3. The molecule has 1 atom stereocenters. The van der Waals surface area contributed by atoms with Gasteiger partial charge in [0.2, 0.25) is 0 Å². The lowest BCUT2D eigenvalue weighted by Gasteiger charge is -2.36. The molecule has 0 spiro atoms. The Labute approximate surface area is 147 Å². The topological polar surface area (TPSA) is 63.6 Å². The van der Waals surface area contributed by atoms with Gasteiger partial charge in [-0.15, -0.1) is 0 Å². The Hall–Kier alpha value is -1.64. The molecule has 0 aliphatic carbocycles. The molecule has 4 nitrogen and oxygen atoms in total. The lowest BCUT2D eigenvalue weighted by atomic mass is 9.92. The summed E-state index contributed by atoms with van der Waals surface area (Å²) in [5, 5.41) is -0.168. The average Bonchev–Trinajstić information content (AvgIpc) is 2.48. The zero-order valence-corrected chi connectivity index (χ0v) is 16.5. The largest absolute Gasteiger partial charge is 0.469 e. The van der Waals surface area contributed by atoms with Crippen LogP contribution in [0.15, 0.2) is 24.3 Å². The second kappa shape index (κ2) is 11.0. The van der Waals surface area contributed by atoms with Gasteiger partial charge in [-0.25, -0.2) is 0 Å². The van der Waals surface area contributed by atoms with Gasteiger partial charge in [0.1, 0.15) is 6.29 Å². The van der Waals surface area contributed by atoms with Gasteiger partial charge < -0.3 is 9.53 Å². The van der Waals surface area contributed by atoms with Crippen LogP contribution in [0.25, 0.3) is 0 Å². The van der Waals surface area contributed by atoms with Gasteiger partial charge in [0, 0.05) is 12.3 Å². The third-order valence-electron chi connectivity index (χ3n) is 4.34. The van der Waals surface area contributed by atoms with Crippen molar-refractivity contribution in [1.82, 2.24) is 0 Å². The van der Waals surface area contributed by atoms with Crippen LogP contribution in [0.5, 0.6) is 0 Å². The molecule has 24 heavy (non-hydrogen) atoms. The first-order valence-corrected chi connectivity index (χ1v) is 11.2. The minimum Gasteiger partial charge on any atom is -0.469 e. The molecule has 0 radical (unpaired) electrons. The first-order valence-electron chi connectivity index (χ1n) is 8.21. The van der Waals surface area contributed by atoms with Gasteiger partial charge in [0.25, 0.3) is 0 Å². The lowest BCUT2D eigenvalue weighted by molar-refractivity contribution is -0.140. The Morgan fingerprint density at radius 1 is 1.29 bits per heavy atom. The van der Waals surface area contributed by atoms with Gasteiger partial charge in [0.05, 0.1) is 7.11 Å². The van der Waals surface area contributed by atoms with Crippen molar-refractivity contribution in [3.63, 3.8) is 0 Å². The number of esters is 1. The predicted octanol–water partition coefficient (Wildman–Crippen LogP) is 3.63. The van der Waals surface area contributed by atoms with E-state index in [2.05, 4.69) is 30.4 Å². The fourth-order valence-electron chi connectivity index (χ4n) is 2.07. The highest BCUT2D eigenvalue weighted by atomic mass is 28.4. The van der Waals surface area contributed by atoms with E-state index in [-0.39, 0.29) is 16.9 Å². The zero-order valence-electron chi connectivity index (χ0n) is 15.5. The van der Waals surface area contributed by atoms with Crippen molar-refractivity contribution in [2.45, 2.75) is 57.7 Å². The van der Waals surface area contributed by atoms with Gasteiger partial charge in [-0.05, 0) is 49.5 Å². The van der Waals surface area contributed by atoms with Crippen molar-refractivity contribution >= 4 is 20.6 Å². The van der Waals surface area contributed by atoms with Crippen LogP contribution in [0.2, 0.25) is 18.1 Å². The molecule has 0 saturated carbocycles. The molecule has 5 heteroatoms. The molecule has 0 aliphatic heterocycles. The van der Waals surface area contributed by atoms with E-state index >= 15 is 0 Å². The van der Waals surface area contributed by atoms with E-state index in [0.717, 1.165) is 12.8 Å². The summed E-state index contributed by atoms with van der Waals surface area (Å²) in [7, 11) is -0.919. The van der Waals surface area contributed by atoms with Crippen molar-refractivity contribution in [3.8, 4) is 11.8 Å². The Bertz CT molecular complexity index is 516. The summed E-state index contributed by atoms with van der Waals surface area (Å²) in [5.74, 6) is 6.10. The molecule has 0 heterocycles. The first kappa shape index (κ1) is 22.4. The van der Waals surface area contributed by atoms with Gasteiger partial charge in [-0.2, -0.15) is 0 Å². The van der Waals surface area contributed by atoms with Crippen LogP contribution in [0.3, 0.4) is 0 Å². The number of methoxy groups -OCH3 is 1. The van der Waals surface area contributed by atoms with Crippen LogP contribution >= 0.6 is 0 Å². The molecule has 0 amide bonds. The third-order valence-corrected chi connectivity index (χ3v) is 7.86. The van der Waals surface area contributed by atoms with Crippen molar-refractivity contribution in [2.24, 2.45) is 5.92 Å². The number of rotatable bonds is 9. The standard InChI is InChI=1S/C19H30O4Si/c1-19(2,24(4,5)22)16-17(13-11-14-18(21)23-3)12-9-7-6-8-10-15-20/h6-8,10,15,17,22H,11,13-14,16H2,1-5H3/b7-6+,10-8+/t17-/m1/s1. The second-order valence-corrected chi connectivity index (χ2v) is 11.5. The van der Waals surface area contributed by atoms with Crippen LogP contribution in [0.4, 0.5) is 0 Å². The third kappa shape index (κ3) is 9.49. The number of ether oxygens (including phenoxy) is 1. The van der Waals surface area contributed by atoms with E-state index in [9.17, 15) is 14.4 Å². The van der Waals surface area contributed by atoms with E-state index in [1.807, 2.05) is 13.1 Å². The fraction of sp³-hybridized carbons (Fsp3) is 0.579. The van der Waals surface area contributed by atoms with Crippen molar-refractivity contribution < 1.29 is 19.1 Å². The molecule has 1 N–H and O–H groups in total. The smallest absolute Gasteiger partial charge is 0.305 e. The van der Waals surface area contributed by atoms with Gasteiger partial charge in [-0.3, -0.25) is 9.59 Å². The summed E-state index contributed by atoms with van der Waals surface area (Å²) in [6, 6.07) is 0. The molecule has 0 rings (SSSR count). The fourth-order valence-corrected chi connectivity index (χ4v) is 2.81. The number of carbonyl (C=O) groups excluding carboxylic acids is 2. The highest BCUT2D eigenvalue weighted by molar-refractivity contribution is 6.72. The van der Waals surface area contributed by atoms with E-state index in [4.69, 9.17) is 0 Å². The molecule has 0 aliphatic rings. The van der Waals surface area contributed by atoms with E-state index < -0.39 is 8.32 Å². The molecular formula is C19H30O4Si. The minimum atomic E-state index is -2.31. The summed E-state index contributed by atoms with van der Waals surface area (Å²) < 4.78 is 4.67. The number of hydrogen-bond acceptors (Lipinski definition) is 4. The maximum absolute atomic E-state index is 11.3. The molecule has 134 valence electrons. The van der Waals surface area contributed by atoms with Crippen LogP contribution in [-0.4, -0.2) is 32.5 Å². The average molecular weight is 351 g/mol. The van der Waals surface area contributed by atoms with Gasteiger partial charge in [-0.1, -0.05) is 37.8 Å². The SMILES string of the molecule is COC(=O)CCC[C@@H](C#C/C=C/C=C/C=O)CC(C)(C)[Si](C)(C)O. The normalized spacial score (nSPS) is 13.6. The summed E-state index contributed by atoms with van der Waals surface area (Å²) in [4.78, 5) is 31.9. The Morgan fingerprint density at radius 3 is 2.50 bits per heavy atom. The predicted molar refractivity (Wildman–Crippen MR) is 99.8 cm³/mol. The lowest BCUT2D eigenvalue weighted by Crippen LogP contribution is -2.40. The molecule has 0 aromatic carbocycles. The van der Waals surface area contributed by atoms with E-state index in [1.165, 1.54) is 13.2 Å². The van der Waals surface area contributed by atoms with E-state index in [0.29, 0.717) is 19.1 Å². The van der Waals surface area contributed by atoms with Crippen molar-refractivity contribution in [3.05, 3.63) is 24.3 Å². The molecule has 0 saturated heterocycles. The number of carbonyl (C=O) groups is 2. The first-order chi connectivity index (χ1) is 11.1. The van der Waals surface area contributed by atoms with Gasteiger partial charge >= 0.3 is 5.97 Å². The minimum absolute atomic E-state index is 0.100. The quantitative estimate of drug-likeness (QED) is 0.172. The highest BCUT2D eigenvalue weighted by Gasteiger charge is 2.39. The Morgan fingerprint density at radius 2 is 1.96 bits per heavy atom. The molecule has 0 aromatic heterocycles. The summed E-state index contributed by atoms with van der Waals surface area (Å²) >= 11 is 0. The molecule has 0 bridgehead atoms. The van der Waals surface area contributed by atoms with E-state index in [1.54, 1.807) is 18.2 Å². The highest BCUT2D eigenvalue weighted by Crippen LogP contribution is 2.42. The summed E-state index contributed by atoms with van der Waals surface area (Å²) in [6.45, 7) is 8.04. The second-order valence-electron chi connectivity index (χ2n) is 6.98. The van der Waals surface area contributed by atoms with Crippen LogP contribution in [0, 0.1) is 17.8 Å². The van der Waals surface area contributed by atoms with Crippen molar-refractivity contribution in [2.75, 3.05) is 7.11 Å².